The fraction of sp³-hybridized carbons (Fsp3) is 0.708. The molecule has 1 saturated heterocycles. The van der Waals surface area contributed by atoms with Gasteiger partial charge in [0, 0.05) is 44.4 Å². The Balaban J connectivity index is 1.16. The van der Waals surface area contributed by atoms with E-state index in [0.29, 0.717) is 29.7 Å². The summed E-state index contributed by atoms with van der Waals surface area (Å²) >= 11 is 0. The first-order chi connectivity index (χ1) is 15.2. The first kappa shape index (κ1) is 19.7. The van der Waals surface area contributed by atoms with Crippen LogP contribution >= 0.6 is 0 Å². The Morgan fingerprint density at radius 3 is 2.68 bits per heavy atom. The Morgan fingerprint density at radius 1 is 1.06 bits per heavy atom. The summed E-state index contributed by atoms with van der Waals surface area (Å²) in [7, 11) is 1.68. The predicted octanol–water partition coefficient (Wildman–Crippen LogP) is 3.44. The van der Waals surface area contributed by atoms with Gasteiger partial charge in [-0.05, 0) is 62.3 Å². The van der Waals surface area contributed by atoms with Crippen LogP contribution in [0.4, 0.5) is 0 Å². The molecule has 4 fully saturated rings. The summed E-state index contributed by atoms with van der Waals surface area (Å²) in [5.41, 5.74) is 2.27. The topological polar surface area (TPSA) is 65.3 Å². The third-order valence-corrected chi connectivity index (χ3v) is 7.64. The lowest BCUT2D eigenvalue weighted by Crippen LogP contribution is -2.38. The highest BCUT2D eigenvalue weighted by atomic mass is 16.5. The Morgan fingerprint density at radius 2 is 1.90 bits per heavy atom. The molecular weight excluding hydrogens is 390 g/mol. The maximum atomic E-state index is 6.52. The average Bonchev–Trinajstić information content (AvgIpc) is 3.72. The number of hydrogen-bond acceptors (Lipinski definition) is 6. The minimum atomic E-state index is 0.255. The SMILES string of the molecule is COc1cccc(CN2C[C@H]3C[C@@H](n4cc(C5CC5)nn4)[C@H](OCC4CC4)C[C@H]3C2)n1. The van der Waals surface area contributed by atoms with Crippen molar-refractivity contribution in [1.29, 1.82) is 0 Å². The van der Waals surface area contributed by atoms with Gasteiger partial charge in [-0.15, -0.1) is 5.10 Å². The van der Waals surface area contributed by atoms with E-state index in [1.165, 1.54) is 31.4 Å². The largest absolute Gasteiger partial charge is 0.481 e. The van der Waals surface area contributed by atoms with E-state index in [-0.39, 0.29) is 6.10 Å². The van der Waals surface area contributed by atoms with Crippen LogP contribution in [-0.4, -0.2) is 57.8 Å². The summed E-state index contributed by atoms with van der Waals surface area (Å²) in [4.78, 5) is 7.18. The van der Waals surface area contributed by atoms with Crippen molar-refractivity contribution in [3.63, 3.8) is 0 Å². The zero-order valence-corrected chi connectivity index (χ0v) is 18.4. The average molecular weight is 424 g/mol. The molecule has 0 spiro atoms. The number of fused-ring (bicyclic) bond motifs is 1. The fourth-order valence-corrected chi connectivity index (χ4v) is 5.53. The Labute approximate surface area is 184 Å². The molecule has 0 aromatic carbocycles. The molecule has 0 unspecified atom stereocenters. The molecule has 4 aliphatic rings. The molecule has 0 bridgehead atoms. The van der Waals surface area contributed by atoms with Crippen molar-refractivity contribution in [2.45, 2.75) is 63.1 Å². The van der Waals surface area contributed by atoms with Crippen LogP contribution in [0, 0.1) is 17.8 Å². The van der Waals surface area contributed by atoms with Crippen LogP contribution in [0.25, 0.3) is 0 Å². The zero-order valence-electron chi connectivity index (χ0n) is 18.4. The van der Waals surface area contributed by atoms with E-state index in [1.54, 1.807) is 7.11 Å². The van der Waals surface area contributed by atoms with Crippen LogP contribution < -0.4 is 4.74 Å². The first-order valence-electron chi connectivity index (χ1n) is 12.0. The summed E-state index contributed by atoms with van der Waals surface area (Å²) in [6.07, 6.45) is 9.93. The second kappa shape index (κ2) is 8.17. The van der Waals surface area contributed by atoms with Crippen molar-refractivity contribution in [2.75, 3.05) is 26.8 Å². The van der Waals surface area contributed by atoms with E-state index >= 15 is 0 Å². The summed E-state index contributed by atoms with van der Waals surface area (Å²) in [6, 6.07) is 6.36. The van der Waals surface area contributed by atoms with E-state index in [9.17, 15) is 0 Å². The van der Waals surface area contributed by atoms with Crippen LogP contribution in [-0.2, 0) is 11.3 Å². The standard InChI is InChI=1S/C24H33N5O2/c1-30-24-4-2-3-20(25-24)13-28-11-18-9-22(29-14-21(26-27-29)17-7-8-17)23(10-19(18)12-28)31-15-16-5-6-16/h2-4,14,16-19,22-23H,5-13,15H2,1H3/t18-,19+,22-,23-/m1/s1. The number of likely N-dealkylation sites (tertiary alicyclic amines) is 1. The number of methoxy groups -OCH3 is 1. The zero-order chi connectivity index (χ0) is 20.8. The Bertz CT molecular complexity index is 909. The lowest BCUT2D eigenvalue weighted by Gasteiger charge is -2.37. The number of rotatable bonds is 8. The van der Waals surface area contributed by atoms with Crippen molar-refractivity contribution in [3.8, 4) is 5.88 Å². The minimum absolute atomic E-state index is 0.255. The molecule has 31 heavy (non-hydrogen) atoms. The van der Waals surface area contributed by atoms with Gasteiger partial charge in [-0.3, -0.25) is 4.90 Å². The Hall–Kier alpha value is -1.99. The summed E-state index contributed by atoms with van der Waals surface area (Å²) in [5.74, 6) is 3.51. The second-order valence-corrected chi connectivity index (χ2v) is 10.1. The van der Waals surface area contributed by atoms with Crippen molar-refractivity contribution >= 4 is 0 Å². The van der Waals surface area contributed by atoms with Gasteiger partial charge in [0.15, 0.2) is 0 Å². The van der Waals surface area contributed by atoms with Gasteiger partial charge in [-0.1, -0.05) is 11.3 Å². The highest BCUT2D eigenvalue weighted by Gasteiger charge is 2.44. The highest BCUT2D eigenvalue weighted by molar-refractivity contribution is 5.16. The van der Waals surface area contributed by atoms with Crippen LogP contribution in [0.1, 0.15) is 61.9 Å². The van der Waals surface area contributed by atoms with Gasteiger partial charge in [0.2, 0.25) is 5.88 Å². The van der Waals surface area contributed by atoms with E-state index in [0.717, 1.165) is 50.7 Å². The highest BCUT2D eigenvalue weighted by Crippen LogP contribution is 2.44. The third-order valence-electron chi connectivity index (χ3n) is 7.64. The molecular formula is C24H33N5O2. The molecule has 166 valence electrons. The smallest absolute Gasteiger partial charge is 0.213 e. The van der Waals surface area contributed by atoms with Gasteiger partial charge in [0.05, 0.1) is 30.6 Å². The van der Waals surface area contributed by atoms with Gasteiger partial charge in [-0.25, -0.2) is 9.67 Å². The molecule has 3 heterocycles. The monoisotopic (exact) mass is 423 g/mol. The number of pyridine rings is 1. The maximum absolute atomic E-state index is 6.52. The number of hydrogen-bond donors (Lipinski definition) is 0. The molecule has 7 heteroatoms. The lowest BCUT2D eigenvalue weighted by molar-refractivity contribution is -0.0375. The molecule has 2 aromatic heterocycles. The molecule has 3 saturated carbocycles. The third kappa shape index (κ3) is 4.35. The molecule has 1 aliphatic heterocycles. The van der Waals surface area contributed by atoms with E-state index in [1.807, 2.05) is 12.1 Å². The lowest BCUT2D eigenvalue weighted by atomic mass is 9.77. The summed E-state index contributed by atoms with van der Waals surface area (Å²) in [5, 5.41) is 9.06. The maximum Gasteiger partial charge on any atom is 0.213 e. The molecule has 0 radical (unpaired) electrons. The molecule has 0 amide bonds. The van der Waals surface area contributed by atoms with Crippen LogP contribution in [0.15, 0.2) is 24.4 Å². The van der Waals surface area contributed by atoms with Gasteiger partial charge in [-0.2, -0.15) is 0 Å². The van der Waals surface area contributed by atoms with Gasteiger partial charge >= 0.3 is 0 Å². The van der Waals surface area contributed by atoms with Crippen molar-refractivity contribution < 1.29 is 9.47 Å². The summed E-state index contributed by atoms with van der Waals surface area (Å²) in [6.45, 7) is 4.06. The van der Waals surface area contributed by atoms with Crippen molar-refractivity contribution in [2.24, 2.45) is 17.8 Å². The quantitative estimate of drug-likeness (QED) is 0.648. The molecule has 4 atom stereocenters. The fourth-order valence-electron chi connectivity index (χ4n) is 5.53. The van der Waals surface area contributed by atoms with Gasteiger partial charge < -0.3 is 9.47 Å². The number of nitrogens with zero attached hydrogens (tertiary/aromatic N) is 5. The van der Waals surface area contributed by atoms with E-state index in [4.69, 9.17) is 9.47 Å². The number of aromatic nitrogens is 4. The van der Waals surface area contributed by atoms with Crippen LogP contribution in [0.2, 0.25) is 0 Å². The molecule has 0 N–H and O–H groups in total. The first-order valence-corrected chi connectivity index (χ1v) is 12.0. The van der Waals surface area contributed by atoms with E-state index in [2.05, 4.69) is 37.1 Å². The molecule has 3 aliphatic carbocycles. The molecule has 7 nitrogen and oxygen atoms in total. The van der Waals surface area contributed by atoms with E-state index < -0.39 is 0 Å². The second-order valence-electron chi connectivity index (χ2n) is 10.1. The normalized spacial score (nSPS) is 31.0. The van der Waals surface area contributed by atoms with Gasteiger partial charge in [0.25, 0.3) is 0 Å². The molecule has 2 aromatic rings. The van der Waals surface area contributed by atoms with Crippen molar-refractivity contribution in [3.05, 3.63) is 35.8 Å². The van der Waals surface area contributed by atoms with Crippen molar-refractivity contribution in [1.82, 2.24) is 24.9 Å². The molecule has 6 rings (SSSR count). The Kier molecular flexibility index (Phi) is 5.19. The minimum Gasteiger partial charge on any atom is -0.481 e. The van der Waals surface area contributed by atoms with Crippen LogP contribution in [0.5, 0.6) is 5.88 Å². The number of ether oxygens (including phenoxy) is 2. The van der Waals surface area contributed by atoms with Gasteiger partial charge in [0.1, 0.15) is 0 Å². The van der Waals surface area contributed by atoms with Crippen LogP contribution in [0.3, 0.4) is 0 Å². The predicted molar refractivity (Wildman–Crippen MR) is 116 cm³/mol. The summed E-state index contributed by atoms with van der Waals surface area (Å²) < 4.78 is 14.0.